The van der Waals surface area contributed by atoms with Crippen molar-refractivity contribution in [2.75, 3.05) is 20.1 Å². The zero-order valence-electron chi connectivity index (χ0n) is 13.9. The Balaban J connectivity index is 1.85. The third-order valence-electron chi connectivity index (χ3n) is 5.28. The molecule has 114 valence electrons. The van der Waals surface area contributed by atoms with Crippen molar-refractivity contribution in [3.63, 3.8) is 0 Å². The highest BCUT2D eigenvalue weighted by molar-refractivity contribution is 6.62. The molecule has 0 spiro atoms. The van der Waals surface area contributed by atoms with Crippen molar-refractivity contribution < 1.29 is 9.31 Å². The van der Waals surface area contributed by atoms with Gasteiger partial charge in [-0.15, -0.1) is 0 Å². The first kappa shape index (κ1) is 15.1. The molecule has 2 heterocycles. The maximum absolute atomic E-state index is 6.16. The molecule has 0 radical (unpaired) electrons. The predicted octanol–water partition coefficient (Wildman–Crippen LogP) is 2.02. The summed E-state index contributed by atoms with van der Waals surface area (Å²) in [6, 6.07) is 6.72. The molecule has 0 N–H and O–H groups in total. The molecule has 2 aliphatic heterocycles. The van der Waals surface area contributed by atoms with E-state index in [1.165, 1.54) is 11.1 Å². The lowest BCUT2D eigenvalue weighted by molar-refractivity contribution is 0.00578. The van der Waals surface area contributed by atoms with Crippen LogP contribution in [0.5, 0.6) is 0 Å². The van der Waals surface area contributed by atoms with Crippen LogP contribution in [0.4, 0.5) is 0 Å². The van der Waals surface area contributed by atoms with E-state index in [1.54, 1.807) is 0 Å². The zero-order chi connectivity index (χ0) is 15.3. The Kier molecular flexibility index (Phi) is 3.67. The van der Waals surface area contributed by atoms with Crippen molar-refractivity contribution in [2.45, 2.75) is 51.7 Å². The van der Waals surface area contributed by atoms with Crippen LogP contribution < -0.4 is 5.46 Å². The molecular weight excluding hydrogens is 261 g/mol. The predicted molar refractivity (Wildman–Crippen MR) is 87.1 cm³/mol. The lowest BCUT2D eigenvalue weighted by Crippen LogP contribution is -2.41. The summed E-state index contributed by atoms with van der Waals surface area (Å²) in [5, 5.41) is 0. The standard InChI is InChI=1S/C17H26BNO2/c1-16(2)17(3,4)21-18(20-16)15-7-6-13-8-10-19(5)11-9-14(13)12-15/h6-7,12H,8-11H2,1-5H3. The van der Waals surface area contributed by atoms with E-state index in [9.17, 15) is 0 Å². The van der Waals surface area contributed by atoms with Crippen molar-refractivity contribution >= 4 is 12.6 Å². The average Bonchev–Trinajstić information content (AvgIpc) is 2.55. The van der Waals surface area contributed by atoms with Crippen LogP contribution in [0.1, 0.15) is 38.8 Å². The molecule has 0 aromatic heterocycles. The Morgan fingerprint density at radius 2 is 1.52 bits per heavy atom. The second-order valence-electron chi connectivity index (χ2n) is 7.42. The maximum atomic E-state index is 6.16. The van der Waals surface area contributed by atoms with Crippen molar-refractivity contribution in [1.29, 1.82) is 0 Å². The molecule has 0 bridgehead atoms. The van der Waals surface area contributed by atoms with Gasteiger partial charge in [0.05, 0.1) is 11.2 Å². The zero-order valence-corrected chi connectivity index (χ0v) is 13.9. The number of nitrogens with zero attached hydrogens (tertiary/aromatic N) is 1. The molecule has 1 aromatic carbocycles. The molecule has 0 aliphatic carbocycles. The van der Waals surface area contributed by atoms with Gasteiger partial charge in [-0.25, -0.2) is 0 Å². The van der Waals surface area contributed by atoms with Crippen molar-refractivity contribution in [3.8, 4) is 0 Å². The average molecular weight is 287 g/mol. The fourth-order valence-corrected chi connectivity index (χ4v) is 2.98. The van der Waals surface area contributed by atoms with Gasteiger partial charge in [0.25, 0.3) is 0 Å². The van der Waals surface area contributed by atoms with E-state index >= 15 is 0 Å². The molecule has 0 unspecified atom stereocenters. The minimum absolute atomic E-state index is 0.249. The molecule has 0 saturated carbocycles. The summed E-state index contributed by atoms with van der Waals surface area (Å²) in [6.07, 6.45) is 2.24. The number of fused-ring (bicyclic) bond motifs is 1. The Morgan fingerprint density at radius 3 is 2.14 bits per heavy atom. The smallest absolute Gasteiger partial charge is 0.399 e. The summed E-state index contributed by atoms with van der Waals surface area (Å²) < 4.78 is 12.3. The highest BCUT2D eigenvalue weighted by Crippen LogP contribution is 2.36. The second kappa shape index (κ2) is 5.11. The van der Waals surface area contributed by atoms with E-state index in [2.05, 4.69) is 57.8 Å². The fraction of sp³-hybridized carbons (Fsp3) is 0.647. The maximum Gasteiger partial charge on any atom is 0.494 e. The van der Waals surface area contributed by atoms with Crippen LogP contribution >= 0.6 is 0 Å². The van der Waals surface area contributed by atoms with Gasteiger partial charge in [-0.3, -0.25) is 0 Å². The molecule has 0 amide bonds. The number of rotatable bonds is 1. The summed E-state index contributed by atoms with van der Waals surface area (Å²) in [5.74, 6) is 0. The van der Waals surface area contributed by atoms with Crippen LogP contribution in [-0.2, 0) is 22.2 Å². The topological polar surface area (TPSA) is 21.7 Å². The van der Waals surface area contributed by atoms with Crippen LogP contribution in [-0.4, -0.2) is 43.4 Å². The van der Waals surface area contributed by atoms with E-state index in [0.717, 1.165) is 31.4 Å². The number of hydrogen-bond donors (Lipinski definition) is 0. The van der Waals surface area contributed by atoms with Gasteiger partial charge in [0.15, 0.2) is 0 Å². The second-order valence-corrected chi connectivity index (χ2v) is 7.42. The monoisotopic (exact) mass is 287 g/mol. The Bertz CT molecular complexity index is 526. The van der Waals surface area contributed by atoms with Gasteiger partial charge < -0.3 is 14.2 Å². The Labute approximate surface area is 128 Å². The van der Waals surface area contributed by atoms with Crippen molar-refractivity contribution in [2.24, 2.45) is 0 Å². The highest BCUT2D eigenvalue weighted by Gasteiger charge is 2.51. The number of hydrogen-bond acceptors (Lipinski definition) is 3. The third kappa shape index (κ3) is 2.77. The molecule has 2 aliphatic rings. The summed E-state index contributed by atoms with van der Waals surface area (Å²) >= 11 is 0. The lowest BCUT2D eigenvalue weighted by Gasteiger charge is -2.32. The van der Waals surface area contributed by atoms with E-state index in [4.69, 9.17) is 9.31 Å². The molecular formula is C17H26BNO2. The summed E-state index contributed by atoms with van der Waals surface area (Å²) in [7, 11) is 1.95. The number of likely N-dealkylation sites (N-methyl/N-ethyl adjacent to an activating group) is 1. The van der Waals surface area contributed by atoms with Crippen LogP contribution in [0, 0.1) is 0 Å². The Hall–Kier alpha value is -0.835. The fourth-order valence-electron chi connectivity index (χ4n) is 2.98. The van der Waals surface area contributed by atoms with Gasteiger partial charge in [0, 0.05) is 13.1 Å². The van der Waals surface area contributed by atoms with Gasteiger partial charge >= 0.3 is 7.12 Å². The molecule has 1 aromatic rings. The third-order valence-corrected chi connectivity index (χ3v) is 5.28. The van der Waals surface area contributed by atoms with Gasteiger partial charge in [0.1, 0.15) is 0 Å². The normalized spacial score (nSPS) is 24.7. The van der Waals surface area contributed by atoms with E-state index in [1.807, 2.05) is 0 Å². The first-order valence-electron chi connectivity index (χ1n) is 7.94. The number of benzene rings is 1. The summed E-state index contributed by atoms with van der Waals surface area (Å²) in [5.41, 5.74) is 3.53. The van der Waals surface area contributed by atoms with Gasteiger partial charge in [-0.05, 0) is 64.2 Å². The van der Waals surface area contributed by atoms with Gasteiger partial charge in [0.2, 0.25) is 0 Å². The quantitative estimate of drug-likeness (QED) is 0.738. The molecule has 3 rings (SSSR count). The van der Waals surface area contributed by atoms with Gasteiger partial charge in [-0.2, -0.15) is 0 Å². The first-order chi connectivity index (χ1) is 9.78. The molecule has 1 saturated heterocycles. The minimum atomic E-state index is -0.273. The van der Waals surface area contributed by atoms with E-state index in [-0.39, 0.29) is 18.3 Å². The molecule has 3 nitrogen and oxygen atoms in total. The van der Waals surface area contributed by atoms with Crippen LogP contribution in [0.3, 0.4) is 0 Å². The van der Waals surface area contributed by atoms with Crippen LogP contribution in [0.25, 0.3) is 0 Å². The van der Waals surface area contributed by atoms with Crippen molar-refractivity contribution in [3.05, 3.63) is 29.3 Å². The molecule has 21 heavy (non-hydrogen) atoms. The van der Waals surface area contributed by atoms with E-state index < -0.39 is 0 Å². The Morgan fingerprint density at radius 1 is 0.952 bits per heavy atom. The summed E-state index contributed by atoms with van der Waals surface area (Å²) in [6.45, 7) is 10.7. The molecule has 0 atom stereocenters. The van der Waals surface area contributed by atoms with Crippen molar-refractivity contribution in [1.82, 2.24) is 4.90 Å². The lowest BCUT2D eigenvalue weighted by atomic mass is 9.77. The SMILES string of the molecule is CN1CCc2ccc(B3OC(C)(C)C(C)(C)O3)cc2CC1. The van der Waals surface area contributed by atoms with Crippen LogP contribution in [0.2, 0.25) is 0 Å². The first-order valence-corrected chi connectivity index (χ1v) is 7.94. The van der Waals surface area contributed by atoms with E-state index in [0.29, 0.717) is 0 Å². The highest BCUT2D eigenvalue weighted by atomic mass is 16.7. The van der Waals surface area contributed by atoms with Gasteiger partial charge in [-0.1, -0.05) is 18.2 Å². The summed E-state index contributed by atoms with van der Waals surface area (Å²) in [4.78, 5) is 2.40. The molecule has 4 heteroatoms. The van der Waals surface area contributed by atoms with Crippen LogP contribution in [0.15, 0.2) is 18.2 Å². The largest absolute Gasteiger partial charge is 0.494 e. The molecule has 1 fully saturated rings. The minimum Gasteiger partial charge on any atom is -0.399 e.